The first-order chi connectivity index (χ1) is 18.1. The smallest absolute Gasteiger partial charge is 0.323 e. The molecule has 0 fully saturated rings. The Kier molecular flexibility index (Phi) is 7.36. The fourth-order valence-electron chi connectivity index (χ4n) is 5.11. The van der Waals surface area contributed by atoms with Crippen molar-refractivity contribution in [1.29, 1.82) is 0 Å². The predicted molar refractivity (Wildman–Crippen MR) is 145 cm³/mol. The molecule has 1 aliphatic rings. The van der Waals surface area contributed by atoms with Gasteiger partial charge >= 0.3 is 5.97 Å². The molecule has 2 heterocycles. The molecule has 37 heavy (non-hydrogen) atoms. The maximum Gasteiger partial charge on any atom is 0.323 e. The van der Waals surface area contributed by atoms with Crippen LogP contribution in [-0.4, -0.2) is 35.3 Å². The van der Waals surface area contributed by atoms with Crippen molar-refractivity contribution in [2.24, 2.45) is 0 Å². The molecular weight excluding hydrogens is 464 g/mol. The minimum Gasteiger partial charge on any atom is -0.493 e. The summed E-state index contributed by atoms with van der Waals surface area (Å²) in [6.45, 7) is 1.67. The number of aliphatic carboxylic acids is 1. The summed E-state index contributed by atoms with van der Waals surface area (Å²) >= 11 is 0. The average molecular weight is 495 g/mol. The van der Waals surface area contributed by atoms with Gasteiger partial charge in [0.15, 0.2) is 0 Å². The van der Waals surface area contributed by atoms with Crippen molar-refractivity contribution in [1.82, 2.24) is 4.57 Å². The summed E-state index contributed by atoms with van der Waals surface area (Å²) in [4.78, 5) is 25.7. The van der Waals surface area contributed by atoms with Crippen LogP contribution in [0.15, 0.2) is 102 Å². The number of aryl methyl sites for hydroxylation is 1. The fourth-order valence-corrected chi connectivity index (χ4v) is 5.11. The van der Waals surface area contributed by atoms with Crippen LogP contribution in [0.2, 0.25) is 0 Å². The Hall–Kier alpha value is -4.32. The van der Waals surface area contributed by atoms with Crippen LogP contribution in [0.25, 0.3) is 0 Å². The van der Waals surface area contributed by atoms with Gasteiger partial charge in [0.25, 0.3) is 5.56 Å². The van der Waals surface area contributed by atoms with Crippen LogP contribution in [-0.2, 0) is 17.8 Å². The van der Waals surface area contributed by atoms with E-state index in [1.54, 1.807) is 10.6 Å². The average Bonchev–Trinajstić information content (AvgIpc) is 3.32. The lowest BCUT2D eigenvalue weighted by atomic mass is 9.86. The molecule has 0 amide bonds. The third-order valence-electron chi connectivity index (χ3n) is 6.81. The summed E-state index contributed by atoms with van der Waals surface area (Å²) in [5.74, 6) is -0.0144. The molecule has 0 spiro atoms. The van der Waals surface area contributed by atoms with E-state index in [1.807, 2.05) is 71.8 Å². The molecule has 188 valence electrons. The van der Waals surface area contributed by atoms with Crippen LogP contribution in [0.1, 0.15) is 34.6 Å². The maximum absolute atomic E-state index is 12.7. The fraction of sp³-hybridized carbons (Fsp3) is 0.226. The molecule has 6 heteroatoms. The number of nitrogens with zero attached hydrogens (tertiary/aromatic N) is 2. The Morgan fingerprint density at radius 1 is 0.865 bits per heavy atom. The van der Waals surface area contributed by atoms with Crippen LogP contribution in [0.4, 0.5) is 5.69 Å². The number of ether oxygens (including phenoxy) is 1. The molecule has 4 aromatic rings. The van der Waals surface area contributed by atoms with Gasteiger partial charge in [-0.25, -0.2) is 0 Å². The van der Waals surface area contributed by atoms with Gasteiger partial charge in [-0.3, -0.25) is 9.59 Å². The second kappa shape index (κ2) is 11.2. The van der Waals surface area contributed by atoms with Crippen LogP contribution in [0.3, 0.4) is 0 Å². The second-order valence-corrected chi connectivity index (χ2v) is 9.27. The van der Waals surface area contributed by atoms with Gasteiger partial charge in [0.2, 0.25) is 0 Å². The number of pyridine rings is 1. The first kappa shape index (κ1) is 24.4. The van der Waals surface area contributed by atoms with Gasteiger partial charge in [0.1, 0.15) is 12.3 Å². The first-order valence-electron chi connectivity index (χ1n) is 12.6. The van der Waals surface area contributed by atoms with Crippen molar-refractivity contribution >= 4 is 11.7 Å². The van der Waals surface area contributed by atoms with E-state index in [-0.39, 0.29) is 18.0 Å². The molecule has 0 unspecified atom stereocenters. The molecule has 0 radical (unpaired) electrons. The highest BCUT2D eigenvalue weighted by Gasteiger charge is 2.24. The molecule has 0 saturated heterocycles. The van der Waals surface area contributed by atoms with Gasteiger partial charge in [-0.2, -0.15) is 0 Å². The molecule has 0 atom stereocenters. The topological polar surface area (TPSA) is 71.8 Å². The van der Waals surface area contributed by atoms with Crippen molar-refractivity contribution in [3.63, 3.8) is 0 Å². The summed E-state index contributed by atoms with van der Waals surface area (Å²) in [6.07, 6.45) is 3.41. The zero-order chi connectivity index (χ0) is 25.6. The lowest BCUT2D eigenvalue weighted by Gasteiger charge is -2.20. The third-order valence-corrected chi connectivity index (χ3v) is 6.81. The Bertz CT molecular complexity index is 1380. The van der Waals surface area contributed by atoms with Gasteiger partial charge in [0, 0.05) is 42.5 Å². The zero-order valence-electron chi connectivity index (χ0n) is 20.6. The quantitative estimate of drug-likeness (QED) is 0.316. The summed E-state index contributed by atoms with van der Waals surface area (Å²) in [7, 11) is 0. The van der Waals surface area contributed by atoms with Gasteiger partial charge < -0.3 is 19.3 Å². The van der Waals surface area contributed by atoms with Crippen molar-refractivity contribution in [3.05, 3.63) is 130 Å². The molecule has 0 bridgehead atoms. The highest BCUT2D eigenvalue weighted by Crippen LogP contribution is 2.35. The van der Waals surface area contributed by atoms with Crippen molar-refractivity contribution < 1.29 is 14.6 Å². The highest BCUT2D eigenvalue weighted by atomic mass is 16.5. The Labute approximate surface area is 216 Å². The summed E-state index contributed by atoms with van der Waals surface area (Å²) < 4.78 is 7.86. The number of benzene rings is 3. The standard InChI is InChI=1S/C31H30N2O4/c34-29-16-15-25(31(23-9-3-1-4-10-23)24-11-5-2-6-12-24)21-33(29)18-8-20-37-28-14-7-13-27-26(28)17-19-32(27)22-30(35)36/h1-7,9-16,21,31H,8,17-20,22H2,(H,35,36). The van der Waals surface area contributed by atoms with E-state index < -0.39 is 5.97 Å². The van der Waals surface area contributed by atoms with Crippen molar-refractivity contribution in [2.45, 2.75) is 25.3 Å². The number of carboxylic acid groups (broad SMARTS) is 1. The normalized spacial score (nSPS) is 12.5. The van der Waals surface area contributed by atoms with E-state index in [1.165, 1.54) is 11.1 Å². The number of hydrogen-bond acceptors (Lipinski definition) is 4. The number of carbonyl (C=O) groups is 1. The second-order valence-electron chi connectivity index (χ2n) is 9.27. The molecule has 0 aliphatic carbocycles. The van der Waals surface area contributed by atoms with Crippen LogP contribution in [0.5, 0.6) is 5.75 Å². The number of aromatic nitrogens is 1. The van der Waals surface area contributed by atoms with E-state index >= 15 is 0 Å². The molecule has 5 rings (SSSR count). The lowest BCUT2D eigenvalue weighted by Crippen LogP contribution is -2.27. The van der Waals surface area contributed by atoms with Crippen LogP contribution < -0.4 is 15.2 Å². The summed E-state index contributed by atoms with van der Waals surface area (Å²) in [5.41, 5.74) is 5.37. The van der Waals surface area contributed by atoms with E-state index in [9.17, 15) is 9.59 Å². The maximum atomic E-state index is 12.7. The number of rotatable bonds is 10. The lowest BCUT2D eigenvalue weighted by molar-refractivity contribution is -0.135. The predicted octanol–water partition coefficient (Wildman–Crippen LogP) is 4.94. The molecule has 6 nitrogen and oxygen atoms in total. The largest absolute Gasteiger partial charge is 0.493 e. The zero-order valence-corrected chi connectivity index (χ0v) is 20.6. The molecule has 0 saturated carbocycles. The molecule has 1 N–H and O–H groups in total. The minimum atomic E-state index is -0.839. The van der Waals surface area contributed by atoms with Gasteiger partial charge in [-0.15, -0.1) is 0 Å². The van der Waals surface area contributed by atoms with E-state index in [0.29, 0.717) is 26.1 Å². The SMILES string of the molecule is O=C(O)CN1CCc2c(OCCCn3cc(C(c4ccccc4)c4ccccc4)ccc3=O)cccc21. The van der Waals surface area contributed by atoms with Gasteiger partial charge in [-0.05, 0) is 41.7 Å². The van der Waals surface area contributed by atoms with Crippen molar-refractivity contribution in [2.75, 3.05) is 24.6 Å². The summed E-state index contributed by atoms with van der Waals surface area (Å²) in [5, 5.41) is 9.16. The van der Waals surface area contributed by atoms with E-state index in [2.05, 4.69) is 24.3 Å². The highest BCUT2D eigenvalue weighted by molar-refractivity contribution is 5.76. The first-order valence-corrected chi connectivity index (χ1v) is 12.6. The van der Waals surface area contributed by atoms with Gasteiger partial charge in [0.05, 0.1) is 6.61 Å². The van der Waals surface area contributed by atoms with Crippen LogP contribution >= 0.6 is 0 Å². The Balaban J connectivity index is 1.29. The molecule has 3 aromatic carbocycles. The third kappa shape index (κ3) is 5.59. The summed E-state index contributed by atoms with van der Waals surface area (Å²) in [6, 6.07) is 30.0. The Morgan fingerprint density at radius 2 is 1.57 bits per heavy atom. The van der Waals surface area contributed by atoms with Gasteiger partial charge in [-0.1, -0.05) is 72.8 Å². The molecule has 1 aliphatic heterocycles. The minimum absolute atomic E-state index is 0.0112. The molecule has 1 aromatic heterocycles. The number of carboxylic acids is 1. The Morgan fingerprint density at radius 3 is 2.24 bits per heavy atom. The van der Waals surface area contributed by atoms with E-state index in [0.717, 1.165) is 29.0 Å². The number of fused-ring (bicyclic) bond motifs is 1. The number of anilines is 1. The van der Waals surface area contributed by atoms with Crippen molar-refractivity contribution in [3.8, 4) is 5.75 Å². The number of hydrogen-bond donors (Lipinski definition) is 1. The molecular formula is C31H30N2O4. The van der Waals surface area contributed by atoms with Crippen LogP contribution in [0, 0.1) is 0 Å². The monoisotopic (exact) mass is 494 g/mol. The van der Waals surface area contributed by atoms with E-state index in [4.69, 9.17) is 9.84 Å².